The van der Waals surface area contributed by atoms with E-state index in [-0.39, 0.29) is 28.3 Å². The number of aromatic nitrogens is 5. The standard InChI is InChI=1S/C17H29N8O9P/c1-6(2)21-35(32,22-7(3)4)17(16(29)30)33-5-8-11(26)12(27)15(34-8)24-14(28)10-9(19-23-24)13(18)20-25(10)31/h6-8,11-12,15,17,26-27,31H,5H2,1-4H3,(H2,18,20)(H,29,30)(H2,21,22,32). The number of aliphatic carboxylic acids is 1. The second-order valence-electron chi connectivity index (χ2n) is 8.61. The molecule has 5 unspecified atom stereocenters. The average Bonchev–Trinajstić information content (AvgIpc) is 3.17. The van der Waals surface area contributed by atoms with Crippen molar-refractivity contribution in [3.8, 4) is 0 Å². The molecule has 0 bridgehead atoms. The summed E-state index contributed by atoms with van der Waals surface area (Å²) in [5, 5.41) is 56.6. The third-order valence-corrected chi connectivity index (χ3v) is 7.79. The number of hydrogen-bond acceptors (Lipinski definition) is 12. The number of hydrogen-bond donors (Lipinski definition) is 7. The Morgan fingerprint density at radius 3 is 2.37 bits per heavy atom. The van der Waals surface area contributed by atoms with Crippen LogP contribution in [0.1, 0.15) is 33.9 Å². The van der Waals surface area contributed by atoms with Gasteiger partial charge in [-0.2, -0.15) is 4.68 Å². The fourth-order valence-corrected chi connectivity index (χ4v) is 6.12. The lowest BCUT2D eigenvalue weighted by atomic mass is 10.1. The number of nitrogens with two attached hydrogens (primary N) is 1. The van der Waals surface area contributed by atoms with Crippen molar-refractivity contribution < 1.29 is 39.4 Å². The van der Waals surface area contributed by atoms with Gasteiger partial charge in [-0.25, -0.2) is 15.0 Å². The summed E-state index contributed by atoms with van der Waals surface area (Å²) in [5.74, 6) is -3.64. The van der Waals surface area contributed by atoms with Gasteiger partial charge in [0.15, 0.2) is 23.1 Å². The summed E-state index contributed by atoms with van der Waals surface area (Å²) in [6.45, 7) is 6.12. The van der Waals surface area contributed by atoms with E-state index in [2.05, 4.69) is 25.6 Å². The smallest absolute Gasteiger partial charge is 0.343 e. The topological polar surface area (TPSA) is 249 Å². The van der Waals surface area contributed by atoms with Crippen LogP contribution in [0, 0.1) is 0 Å². The van der Waals surface area contributed by atoms with E-state index in [0.717, 1.165) is 0 Å². The third-order valence-electron chi connectivity index (χ3n) is 4.96. The zero-order chi connectivity index (χ0) is 26.2. The van der Waals surface area contributed by atoms with E-state index in [0.29, 0.717) is 4.68 Å². The molecule has 1 aliphatic rings. The van der Waals surface area contributed by atoms with Crippen molar-refractivity contribution in [2.45, 2.75) is 70.2 Å². The second-order valence-corrected chi connectivity index (χ2v) is 10.9. The number of ether oxygens (including phenoxy) is 2. The Kier molecular flexibility index (Phi) is 7.80. The number of carboxylic acid groups (broad SMARTS) is 1. The molecule has 0 aliphatic carbocycles. The number of carbonyl (C=O) groups is 1. The number of nitrogens with one attached hydrogen (secondary N) is 2. The van der Waals surface area contributed by atoms with E-state index in [1.807, 2.05) is 0 Å². The molecule has 5 atom stereocenters. The lowest BCUT2D eigenvalue weighted by Crippen LogP contribution is -2.43. The van der Waals surface area contributed by atoms with Gasteiger partial charge in [0.05, 0.1) is 6.61 Å². The van der Waals surface area contributed by atoms with Crippen molar-refractivity contribution in [1.82, 2.24) is 35.1 Å². The molecule has 0 aromatic carbocycles. The maximum Gasteiger partial charge on any atom is 0.343 e. The first-order valence-corrected chi connectivity index (χ1v) is 12.4. The van der Waals surface area contributed by atoms with Gasteiger partial charge in [-0.1, -0.05) is 10.1 Å². The predicted molar refractivity (Wildman–Crippen MR) is 119 cm³/mol. The van der Waals surface area contributed by atoms with Gasteiger partial charge in [0.2, 0.25) is 5.85 Å². The van der Waals surface area contributed by atoms with Crippen LogP contribution in [0.2, 0.25) is 0 Å². The summed E-state index contributed by atoms with van der Waals surface area (Å²) in [5.41, 5.74) is 3.95. The quantitative estimate of drug-likeness (QED) is 0.133. The minimum Gasteiger partial charge on any atom is -0.479 e. The van der Waals surface area contributed by atoms with Gasteiger partial charge in [-0.05, 0) is 27.7 Å². The zero-order valence-electron chi connectivity index (χ0n) is 19.3. The third kappa shape index (κ3) is 5.30. The summed E-state index contributed by atoms with van der Waals surface area (Å²) in [6.07, 6.45) is -6.26. The molecule has 35 heavy (non-hydrogen) atoms. The number of rotatable bonds is 10. The fourth-order valence-electron chi connectivity index (χ4n) is 3.64. The van der Waals surface area contributed by atoms with Crippen molar-refractivity contribution in [2.24, 2.45) is 0 Å². The molecule has 18 heteroatoms. The number of nitrogens with zero attached hydrogens (tertiary/aromatic N) is 5. The first kappa shape index (κ1) is 26.9. The molecule has 2 aromatic rings. The van der Waals surface area contributed by atoms with Crippen molar-refractivity contribution in [3.05, 3.63) is 10.4 Å². The number of fused-ring (bicyclic) bond motifs is 1. The van der Waals surface area contributed by atoms with Crippen molar-refractivity contribution >= 4 is 30.3 Å². The number of aliphatic hydroxyl groups is 2. The van der Waals surface area contributed by atoms with Gasteiger partial charge in [0, 0.05) is 12.1 Å². The van der Waals surface area contributed by atoms with E-state index < -0.39 is 61.5 Å². The monoisotopic (exact) mass is 520 g/mol. The highest BCUT2D eigenvalue weighted by Crippen LogP contribution is 2.44. The minimum absolute atomic E-state index is 0.183. The van der Waals surface area contributed by atoms with Crippen LogP contribution >= 0.6 is 7.44 Å². The summed E-state index contributed by atoms with van der Waals surface area (Å²) in [6, 6.07) is -0.710. The maximum absolute atomic E-state index is 13.4. The lowest BCUT2D eigenvalue weighted by Gasteiger charge is -2.30. The molecule has 0 amide bonds. The first-order valence-electron chi connectivity index (χ1n) is 10.6. The largest absolute Gasteiger partial charge is 0.479 e. The molecule has 0 spiro atoms. The van der Waals surface area contributed by atoms with E-state index in [9.17, 15) is 34.7 Å². The van der Waals surface area contributed by atoms with Gasteiger partial charge in [0.1, 0.15) is 18.3 Å². The summed E-state index contributed by atoms with van der Waals surface area (Å²) in [4.78, 5) is 24.9. The molecule has 0 radical (unpaired) electrons. The first-order chi connectivity index (χ1) is 16.3. The van der Waals surface area contributed by atoms with Crippen LogP contribution in [0.3, 0.4) is 0 Å². The maximum atomic E-state index is 13.4. The van der Waals surface area contributed by atoms with E-state index in [1.165, 1.54) is 0 Å². The Morgan fingerprint density at radius 2 is 1.83 bits per heavy atom. The Labute approximate surface area is 198 Å². The van der Waals surface area contributed by atoms with Crippen LogP contribution in [-0.4, -0.2) is 94.3 Å². The van der Waals surface area contributed by atoms with Crippen LogP contribution in [-0.2, 0) is 18.8 Å². The van der Waals surface area contributed by atoms with E-state index in [4.69, 9.17) is 15.2 Å². The minimum atomic E-state index is -3.85. The highest BCUT2D eigenvalue weighted by Gasteiger charge is 2.47. The number of anilines is 1. The van der Waals surface area contributed by atoms with Crippen molar-refractivity contribution in [3.63, 3.8) is 0 Å². The summed E-state index contributed by atoms with van der Waals surface area (Å²) >= 11 is 0. The Balaban J connectivity index is 1.83. The van der Waals surface area contributed by atoms with Crippen LogP contribution in [0.15, 0.2) is 4.79 Å². The molecule has 196 valence electrons. The van der Waals surface area contributed by atoms with Gasteiger partial charge < -0.3 is 35.7 Å². The number of nitrogen functional groups attached to an aromatic ring is 1. The Bertz CT molecular complexity index is 1170. The molecule has 3 heterocycles. The molecule has 1 saturated heterocycles. The van der Waals surface area contributed by atoms with Gasteiger partial charge >= 0.3 is 11.5 Å². The zero-order valence-corrected chi connectivity index (χ0v) is 20.2. The van der Waals surface area contributed by atoms with Gasteiger partial charge in [-0.15, -0.1) is 10.2 Å². The molecule has 0 saturated carbocycles. The molecule has 17 nitrogen and oxygen atoms in total. The normalized spacial score (nSPS) is 24.0. The van der Waals surface area contributed by atoms with Gasteiger partial charge in [0.25, 0.3) is 7.44 Å². The van der Waals surface area contributed by atoms with Crippen molar-refractivity contribution in [1.29, 1.82) is 0 Å². The van der Waals surface area contributed by atoms with Crippen molar-refractivity contribution in [2.75, 3.05) is 12.3 Å². The molecule has 2 aromatic heterocycles. The van der Waals surface area contributed by atoms with Crippen LogP contribution in [0.25, 0.3) is 11.0 Å². The molecule has 8 N–H and O–H groups in total. The molecule has 1 aliphatic heterocycles. The van der Waals surface area contributed by atoms with Crippen LogP contribution in [0.4, 0.5) is 5.82 Å². The highest BCUT2D eigenvalue weighted by atomic mass is 31.2. The SMILES string of the molecule is CC(C)NP(=O)(NC(C)C)C(OCC1OC(n2nnc3c(N)nn(O)c3c2=O)C(O)C1O)C(=O)O. The lowest BCUT2D eigenvalue weighted by molar-refractivity contribution is -0.148. The molecular weight excluding hydrogens is 491 g/mol. The van der Waals surface area contributed by atoms with E-state index in [1.54, 1.807) is 27.7 Å². The number of carboxylic acids is 1. The summed E-state index contributed by atoms with van der Waals surface area (Å²) < 4.78 is 24.9. The Hall–Kier alpha value is -2.66. The predicted octanol–water partition coefficient (Wildman–Crippen LogP) is -1.96. The molecule has 1 fully saturated rings. The van der Waals surface area contributed by atoms with Crippen LogP contribution in [0.5, 0.6) is 0 Å². The van der Waals surface area contributed by atoms with Gasteiger partial charge in [-0.3, -0.25) is 9.36 Å². The van der Waals surface area contributed by atoms with Crippen LogP contribution < -0.4 is 21.5 Å². The molecule has 3 rings (SSSR count). The molecular formula is C17H29N8O9P. The fraction of sp³-hybridized carbons (Fsp3) is 0.706. The Morgan fingerprint density at radius 1 is 1.23 bits per heavy atom. The number of aliphatic hydroxyl groups excluding tert-OH is 2. The summed E-state index contributed by atoms with van der Waals surface area (Å²) in [7, 11) is -3.85. The van der Waals surface area contributed by atoms with E-state index >= 15 is 0 Å². The second kappa shape index (κ2) is 10.1. The average molecular weight is 520 g/mol. The highest BCUT2D eigenvalue weighted by molar-refractivity contribution is 7.61.